The fraction of sp³-hybridized carbons (Fsp3) is 0.235. The summed E-state index contributed by atoms with van der Waals surface area (Å²) in [4.78, 5) is 14.1. The average Bonchev–Trinajstić information content (AvgIpc) is 2.42. The first-order valence-corrected chi connectivity index (χ1v) is 6.58. The van der Waals surface area contributed by atoms with E-state index in [1.807, 2.05) is 42.3 Å². The summed E-state index contributed by atoms with van der Waals surface area (Å²) in [6, 6.07) is 14.5. The van der Waals surface area contributed by atoms with Gasteiger partial charge in [-0.1, -0.05) is 30.3 Å². The van der Waals surface area contributed by atoms with Crippen LogP contribution in [-0.4, -0.2) is 24.3 Å². The molecule has 0 atom stereocenters. The SMILES string of the molecule is Cc1cc(C(=O)CN(C)Cc2ccccc2)ccc1F. The third kappa shape index (κ3) is 3.75. The van der Waals surface area contributed by atoms with Crippen LogP contribution in [0.5, 0.6) is 0 Å². The van der Waals surface area contributed by atoms with Crippen molar-refractivity contribution in [3.8, 4) is 0 Å². The van der Waals surface area contributed by atoms with Gasteiger partial charge in [-0.15, -0.1) is 0 Å². The minimum Gasteiger partial charge on any atom is -0.295 e. The molecule has 0 unspecified atom stereocenters. The maximum Gasteiger partial charge on any atom is 0.176 e. The summed E-state index contributed by atoms with van der Waals surface area (Å²) in [6.45, 7) is 2.70. The lowest BCUT2D eigenvalue weighted by Crippen LogP contribution is -2.25. The van der Waals surface area contributed by atoms with Crippen molar-refractivity contribution in [2.75, 3.05) is 13.6 Å². The predicted molar refractivity (Wildman–Crippen MR) is 78.2 cm³/mol. The molecule has 3 heteroatoms. The van der Waals surface area contributed by atoms with Crippen molar-refractivity contribution in [3.63, 3.8) is 0 Å². The lowest BCUT2D eigenvalue weighted by molar-refractivity contribution is 0.0943. The van der Waals surface area contributed by atoms with Gasteiger partial charge in [0.1, 0.15) is 5.82 Å². The maximum absolute atomic E-state index is 13.2. The van der Waals surface area contributed by atoms with Crippen LogP contribution in [0.2, 0.25) is 0 Å². The number of aryl methyl sites for hydroxylation is 1. The molecule has 0 spiro atoms. The largest absolute Gasteiger partial charge is 0.295 e. The number of carbonyl (C=O) groups excluding carboxylic acids is 1. The highest BCUT2D eigenvalue weighted by Gasteiger charge is 2.11. The van der Waals surface area contributed by atoms with Crippen molar-refractivity contribution < 1.29 is 9.18 Å². The number of hydrogen-bond donors (Lipinski definition) is 0. The average molecular weight is 271 g/mol. The van der Waals surface area contributed by atoms with E-state index in [1.165, 1.54) is 6.07 Å². The van der Waals surface area contributed by atoms with Crippen molar-refractivity contribution in [1.29, 1.82) is 0 Å². The van der Waals surface area contributed by atoms with E-state index in [9.17, 15) is 9.18 Å². The van der Waals surface area contributed by atoms with Gasteiger partial charge >= 0.3 is 0 Å². The Morgan fingerprint density at radius 3 is 2.50 bits per heavy atom. The highest BCUT2D eigenvalue weighted by Crippen LogP contribution is 2.11. The smallest absolute Gasteiger partial charge is 0.176 e. The zero-order valence-corrected chi connectivity index (χ0v) is 11.8. The van der Waals surface area contributed by atoms with Crippen molar-refractivity contribution >= 4 is 5.78 Å². The molecule has 0 radical (unpaired) electrons. The summed E-state index contributed by atoms with van der Waals surface area (Å²) in [7, 11) is 1.90. The number of halogens is 1. The number of ketones is 1. The highest BCUT2D eigenvalue weighted by atomic mass is 19.1. The van der Waals surface area contributed by atoms with E-state index in [0.29, 0.717) is 24.2 Å². The van der Waals surface area contributed by atoms with Crippen LogP contribution in [0.15, 0.2) is 48.5 Å². The third-order valence-corrected chi connectivity index (χ3v) is 3.19. The molecule has 20 heavy (non-hydrogen) atoms. The predicted octanol–water partition coefficient (Wildman–Crippen LogP) is 3.45. The van der Waals surface area contributed by atoms with Gasteiger partial charge in [-0.2, -0.15) is 0 Å². The minimum absolute atomic E-state index is 0.00605. The second-order valence-corrected chi connectivity index (χ2v) is 5.05. The van der Waals surface area contributed by atoms with E-state index < -0.39 is 0 Å². The molecule has 0 saturated carbocycles. The number of nitrogens with zero attached hydrogens (tertiary/aromatic N) is 1. The Labute approximate surface area is 118 Å². The Morgan fingerprint density at radius 1 is 1.15 bits per heavy atom. The lowest BCUT2D eigenvalue weighted by Gasteiger charge is -2.16. The molecular weight excluding hydrogens is 253 g/mol. The van der Waals surface area contributed by atoms with Gasteiger partial charge in [-0.25, -0.2) is 4.39 Å². The molecule has 0 aliphatic heterocycles. The number of benzene rings is 2. The van der Waals surface area contributed by atoms with Gasteiger partial charge in [0.15, 0.2) is 5.78 Å². The van der Waals surface area contributed by atoms with Crippen LogP contribution in [-0.2, 0) is 6.54 Å². The van der Waals surface area contributed by atoms with Gasteiger partial charge in [0.2, 0.25) is 0 Å². The van der Waals surface area contributed by atoms with Gasteiger partial charge in [-0.3, -0.25) is 9.69 Å². The number of likely N-dealkylation sites (N-methyl/N-ethyl adjacent to an activating group) is 1. The van der Waals surface area contributed by atoms with Gasteiger partial charge < -0.3 is 0 Å². The molecule has 2 rings (SSSR count). The lowest BCUT2D eigenvalue weighted by atomic mass is 10.1. The van der Waals surface area contributed by atoms with E-state index >= 15 is 0 Å². The van der Waals surface area contributed by atoms with Gasteiger partial charge in [-0.05, 0) is 43.3 Å². The van der Waals surface area contributed by atoms with E-state index in [2.05, 4.69) is 0 Å². The summed E-state index contributed by atoms with van der Waals surface area (Å²) in [5.41, 5.74) is 2.23. The summed E-state index contributed by atoms with van der Waals surface area (Å²) in [5.74, 6) is -0.272. The van der Waals surface area contributed by atoms with Crippen LogP contribution in [0.4, 0.5) is 4.39 Å². The molecule has 0 heterocycles. The molecule has 0 bridgehead atoms. The fourth-order valence-corrected chi connectivity index (χ4v) is 2.11. The van der Waals surface area contributed by atoms with E-state index in [1.54, 1.807) is 19.1 Å². The number of rotatable bonds is 5. The van der Waals surface area contributed by atoms with E-state index in [0.717, 1.165) is 5.56 Å². The molecule has 0 saturated heterocycles. The first-order chi connectivity index (χ1) is 9.56. The normalized spacial score (nSPS) is 10.8. The van der Waals surface area contributed by atoms with Gasteiger partial charge in [0.05, 0.1) is 6.54 Å². The van der Waals surface area contributed by atoms with Crippen molar-refractivity contribution in [1.82, 2.24) is 4.90 Å². The number of carbonyl (C=O) groups is 1. The third-order valence-electron chi connectivity index (χ3n) is 3.19. The molecule has 0 aliphatic carbocycles. The molecule has 104 valence electrons. The van der Waals surface area contributed by atoms with Gasteiger partial charge in [0.25, 0.3) is 0 Å². The molecule has 2 aromatic rings. The van der Waals surface area contributed by atoms with Crippen LogP contribution < -0.4 is 0 Å². The Hall–Kier alpha value is -2.00. The Bertz CT molecular complexity index is 595. The standard InChI is InChI=1S/C17H18FNO/c1-13-10-15(8-9-16(13)18)17(20)12-19(2)11-14-6-4-3-5-7-14/h3-10H,11-12H2,1-2H3. The number of Topliss-reactive ketones (excluding diaryl/α,β-unsaturated/α-hetero) is 1. The van der Waals surface area contributed by atoms with E-state index in [4.69, 9.17) is 0 Å². The molecule has 0 fully saturated rings. The van der Waals surface area contributed by atoms with Crippen LogP contribution in [0.1, 0.15) is 21.5 Å². The van der Waals surface area contributed by atoms with Gasteiger partial charge in [0, 0.05) is 12.1 Å². The molecule has 2 nitrogen and oxygen atoms in total. The van der Waals surface area contributed by atoms with Crippen LogP contribution >= 0.6 is 0 Å². The summed E-state index contributed by atoms with van der Waals surface area (Å²) < 4.78 is 13.2. The summed E-state index contributed by atoms with van der Waals surface area (Å²) in [5, 5.41) is 0. The van der Waals surface area contributed by atoms with Crippen LogP contribution in [0, 0.1) is 12.7 Å². The zero-order chi connectivity index (χ0) is 14.5. The zero-order valence-electron chi connectivity index (χ0n) is 11.8. The molecule has 2 aromatic carbocycles. The molecule has 0 amide bonds. The quantitative estimate of drug-likeness (QED) is 0.776. The molecule has 0 aliphatic rings. The van der Waals surface area contributed by atoms with Crippen molar-refractivity contribution in [2.24, 2.45) is 0 Å². The Kier molecular flexibility index (Phi) is 4.64. The molecular formula is C17H18FNO. The molecule has 0 N–H and O–H groups in total. The Morgan fingerprint density at radius 2 is 1.85 bits per heavy atom. The van der Waals surface area contributed by atoms with Crippen LogP contribution in [0.25, 0.3) is 0 Å². The van der Waals surface area contributed by atoms with Crippen molar-refractivity contribution in [2.45, 2.75) is 13.5 Å². The Balaban J connectivity index is 1.98. The number of hydrogen-bond acceptors (Lipinski definition) is 2. The van der Waals surface area contributed by atoms with Crippen molar-refractivity contribution in [3.05, 3.63) is 71.0 Å². The van der Waals surface area contributed by atoms with Crippen LogP contribution in [0.3, 0.4) is 0 Å². The summed E-state index contributed by atoms with van der Waals surface area (Å²) in [6.07, 6.45) is 0. The second kappa shape index (κ2) is 6.44. The first-order valence-electron chi connectivity index (χ1n) is 6.58. The second-order valence-electron chi connectivity index (χ2n) is 5.05. The minimum atomic E-state index is -0.279. The monoisotopic (exact) mass is 271 g/mol. The highest BCUT2D eigenvalue weighted by molar-refractivity contribution is 5.97. The first kappa shape index (κ1) is 14.4. The molecule has 0 aromatic heterocycles. The summed E-state index contributed by atoms with van der Waals surface area (Å²) >= 11 is 0. The fourth-order valence-electron chi connectivity index (χ4n) is 2.11. The maximum atomic E-state index is 13.2. The topological polar surface area (TPSA) is 20.3 Å². The van der Waals surface area contributed by atoms with E-state index in [-0.39, 0.29) is 11.6 Å².